The summed E-state index contributed by atoms with van der Waals surface area (Å²) >= 11 is 6.30. The van der Waals surface area contributed by atoms with E-state index in [4.69, 9.17) is 11.6 Å². The van der Waals surface area contributed by atoms with Crippen LogP contribution < -0.4 is 4.90 Å². The molecule has 3 rings (SSSR count). The third kappa shape index (κ3) is 4.48. The smallest absolute Gasteiger partial charge is 0.254 e. The van der Waals surface area contributed by atoms with Crippen molar-refractivity contribution >= 4 is 33.2 Å². The molecular weight excluding hydrogens is 422 g/mol. The number of hydrogen-bond donors (Lipinski definition) is 0. The first-order valence-electron chi connectivity index (χ1n) is 10.2. The van der Waals surface area contributed by atoms with Crippen LogP contribution in [-0.4, -0.2) is 62.8 Å². The summed E-state index contributed by atoms with van der Waals surface area (Å²) in [6.45, 7) is 8.67. The van der Waals surface area contributed by atoms with Crippen molar-refractivity contribution in [2.75, 3.05) is 44.2 Å². The fourth-order valence-corrected chi connectivity index (χ4v) is 5.47. The van der Waals surface area contributed by atoms with Gasteiger partial charge in [0.1, 0.15) is 0 Å². The maximum absolute atomic E-state index is 13.2. The molecule has 162 valence electrons. The van der Waals surface area contributed by atoms with Gasteiger partial charge in [-0.1, -0.05) is 43.6 Å². The molecule has 2 aromatic carbocycles. The highest BCUT2D eigenvalue weighted by molar-refractivity contribution is 7.89. The van der Waals surface area contributed by atoms with E-state index in [9.17, 15) is 13.2 Å². The van der Waals surface area contributed by atoms with Gasteiger partial charge < -0.3 is 9.80 Å². The van der Waals surface area contributed by atoms with Crippen LogP contribution in [0.25, 0.3) is 0 Å². The van der Waals surface area contributed by atoms with Gasteiger partial charge in [0.2, 0.25) is 10.0 Å². The number of sulfonamides is 1. The van der Waals surface area contributed by atoms with E-state index in [1.165, 1.54) is 10.4 Å². The van der Waals surface area contributed by atoms with Gasteiger partial charge in [0.15, 0.2) is 0 Å². The van der Waals surface area contributed by atoms with Crippen LogP contribution in [0.3, 0.4) is 0 Å². The second-order valence-corrected chi connectivity index (χ2v) is 9.64. The molecule has 8 heteroatoms. The van der Waals surface area contributed by atoms with Gasteiger partial charge >= 0.3 is 0 Å². The Kier molecular flexibility index (Phi) is 7.06. The van der Waals surface area contributed by atoms with E-state index in [-0.39, 0.29) is 10.8 Å². The Balaban J connectivity index is 1.79. The van der Waals surface area contributed by atoms with Crippen LogP contribution in [0.5, 0.6) is 0 Å². The predicted molar refractivity (Wildman–Crippen MR) is 121 cm³/mol. The number of anilines is 1. The molecule has 1 amide bonds. The quantitative estimate of drug-likeness (QED) is 0.675. The normalized spacial score (nSPS) is 15.0. The van der Waals surface area contributed by atoms with Crippen LogP contribution in [0.2, 0.25) is 5.02 Å². The second kappa shape index (κ2) is 9.37. The van der Waals surface area contributed by atoms with Gasteiger partial charge in [-0.3, -0.25) is 4.79 Å². The molecule has 6 nitrogen and oxygen atoms in total. The van der Waals surface area contributed by atoms with Crippen LogP contribution in [0, 0.1) is 6.92 Å². The van der Waals surface area contributed by atoms with E-state index >= 15 is 0 Å². The Morgan fingerprint density at radius 1 is 1.03 bits per heavy atom. The zero-order valence-corrected chi connectivity index (χ0v) is 19.2. The molecule has 0 atom stereocenters. The lowest BCUT2D eigenvalue weighted by atomic mass is 10.1. The first-order chi connectivity index (χ1) is 14.3. The van der Waals surface area contributed by atoms with Gasteiger partial charge in [-0.05, 0) is 36.8 Å². The maximum atomic E-state index is 13.2. The SMILES string of the molecule is CCN(CC)S(=O)(=O)c1ccc(C)c(C(=O)N2CCN(c3ccccc3Cl)CC2)c1. The first-order valence-corrected chi connectivity index (χ1v) is 12.0. The molecule has 0 saturated carbocycles. The van der Waals surface area contributed by atoms with Crippen LogP contribution in [0.1, 0.15) is 29.8 Å². The number of amides is 1. The van der Waals surface area contributed by atoms with E-state index in [1.54, 1.807) is 30.9 Å². The highest BCUT2D eigenvalue weighted by atomic mass is 35.5. The van der Waals surface area contributed by atoms with Gasteiger partial charge in [0.05, 0.1) is 15.6 Å². The maximum Gasteiger partial charge on any atom is 0.254 e. The molecule has 0 spiro atoms. The molecule has 0 N–H and O–H groups in total. The summed E-state index contributed by atoms with van der Waals surface area (Å²) in [5.41, 5.74) is 2.18. The average molecular weight is 450 g/mol. The molecule has 0 radical (unpaired) electrons. The molecule has 30 heavy (non-hydrogen) atoms. The van der Waals surface area contributed by atoms with E-state index in [0.717, 1.165) is 11.3 Å². The van der Waals surface area contributed by atoms with Gasteiger partial charge in [-0.15, -0.1) is 0 Å². The highest BCUT2D eigenvalue weighted by Crippen LogP contribution is 2.27. The topological polar surface area (TPSA) is 60.9 Å². The third-order valence-corrected chi connectivity index (χ3v) is 7.91. The summed E-state index contributed by atoms with van der Waals surface area (Å²) in [5.74, 6) is -0.136. The van der Waals surface area contributed by atoms with Crippen molar-refractivity contribution in [3.8, 4) is 0 Å². The minimum atomic E-state index is -3.61. The second-order valence-electron chi connectivity index (χ2n) is 7.30. The van der Waals surface area contributed by atoms with E-state index in [0.29, 0.717) is 49.9 Å². The van der Waals surface area contributed by atoms with Crippen molar-refractivity contribution < 1.29 is 13.2 Å². The number of carbonyl (C=O) groups excluding carboxylic acids is 1. The summed E-state index contributed by atoms with van der Waals surface area (Å²) in [6.07, 6.45) is 0. The average Bonchev–Trinajstić information content (AvgIpc) is 2.74. The Hall–Kier alpha value is -2.09. The summed E-state index contributed by atoms with van der Waals surface area (Å²) < 4.78 is 27.1. The van der Waals surface area contributed by atoms with Crippen molar-refractivity contribution in [2.45, 2.75) is 25.7 Å². The van der Waals surface area contributed by atoms with E-state index in [2.05, 4.69) is 4.90 Å². The zero-order chi connectivity index (χ0) is 21.9. The number of aryl methyl sites for hydroxylation is 1. The zero-order valence-electron chi connectivity index (χ0n) is 17.6. The Morgan fingerprint density at radius 3 is 2.27 bits per heavy atom. The standard InChI is InChI=1S/C22H28ClN3O3S/c1-4-26(5-2)30(28,29)18-11-10-17(3)19(16-18)22(27)25-14-12-24(13-15-25)21-9-7-6-8-20(21)23/h6-11,16H,4-5,12-15H2,1-3H3. The molecule has 0 aromatic heterocycles. The Labute approximate surface area is 184 Å². The molecular formula is C22H28ClN3O3S. The number of rotatable bonds is 6. The third-order valence-electron chi connectivity index (χ3n) is 5.54. The number of piperazine rings is 1. The van der Waals surface area contributed by atoms with Gasteiger partial charge in [-0.25, -0.2) is 8.42 Å². The molecule has 0 bridgehead atoms. The van der Waals surface area contributed by atoms with Crippen molar-refractivity contribution in [3.05, 3.63) is 58.6 Å². The summed E-state index contributed by atoms with van der Waals surface area (Å²) in [5, 5.41) is 0.697. The number of carbonyl (C=O) groups is 1. The summed E-state index contributed by atoms with van der Waals surface area (Å²) in [6, 6.07) is 12.5. The lowest BCUT2D eigenvalue weighted by Crippen LogP contribution is -2.49. The molecule has 1 fully saturated rings. The monoisotopic (exact) mass is 449 g/mol. The fourth-order valence-electron chi connectivity index (χ4n) is 3.73. The lowest BCUT2D eigenvalue weighted by molar-refractivity contribution is 0.0746. The number of hydrogen-bond acceptors (Lipinski definition) is 4. The largest absolute Gasteiger partial charge is 0.367 e. The van der Waals surface area contributed by atoms with Crippen molar-refractivity contribution in [1.29, 1.82) is 0 Å². The van der Waals surface area contributed by atoms with Gasteiger partial charge in [0, 0.05) is 44.8 Å². The molecule has 1 aliphatic rings. The van der Waals surface area contributed by atoms with Crippen molar-refractivity contribution in [3.63, 3.8) is 0 Å². The van der Waals surface area contributed by atoms with Crippen LogP contribution in [-0.2, 0) is 10.0 Å². The highest BCUT2D eigenvalue weighted by Gasteiger charge is 2.27. The molecule has 0 unspecified atom stereocenters. The predicted octanol–water partition coefficient (Wildman–Crippen LogP) is 3.64. The summed E-state index contributed by atoms with van der Waals surface area (Å²) in [7, 11) is -3.61. The van der Waals surface area contributed by atoms with E-state index < -0.39 is 10.0 Å². The molecule has 1 heterocycles. The lowest BCUT2D eigenvalue weighted by Gasteiger charge is -2.36. The molecule has 0 aliphatic carbocycles. The molecule has 1 aliphatic heterocycles. The summed E-state index contributed by atoms with van der Waals surface area (Å²) in [4.78, 5) is 17.3. The van der Waals surface area contributed by atoms with Crippen molar-refractivity contribution in [1.82, 2.24) is 9.21 Å². The van der Waals surface area contributed by atoms with Crippen LogP contribution >= 0.6 is 11.6 Å². The molecule has 2 aromatic rings. The van der Waals surface area contributed by atoms with Gasteiger partial charge in [-0.2, -0.15) is 4.31 Å². The first kappa shape index (κ1) is 22.6. The minimum absolute atomic E-state index is 0.136. The number of nitrogens with zero attached hydrogens (tertiary/aromatic N) is 3. The number of para-hydroxylation sites is 1. The molecule has 1 saturated heterocycles. The fraction of sp³-hybridized carbons (Fsp3) is 0.409. The van der Waals surface area contributed by atoms with E-state index in [1.807, 2.05) is 31.2 Å². The van der Waals surface area contributed by atoms with Crippen LogP contribution in [0.4, 0.5) is 5.69 Å². The number of benzene rings is 2. The Bertz CT molecular complexity index is 1010. The van der Waals surface area contributed by atoms with Crippen LogP contribution in [0.15, 0.2) is 47.4 Å². The Morgan fingerprint density at radius 2 is 1.67 bits per heavy atom. The number of halogens is 1. The minimum Gasteiger partial charge on any atom is -0.367 e. The van der Waals surface area contributed by atoms with Gasteiger partial charge in [0.25, 0.3) is 5.91 Å². The van der Waals surface area contributed by atoms with Crippen molar-refractivity contribution in [2.24, 2.45) is 0 Å².